The number of methoxy groups -OCH3 is 1. The molecule has 3 fully saturated rings. The van der Waals surface area contributed by atoms with Crippen LogP contribution in [0.5, 0.6) is 0 Å². The summed E-state index contributed by atoms with van der Waals surface area (Å²) in [7, 11) is 5.02. The van der Waals surface area contributed by atoms with E-state index in [9.17, 15) is 24.6 Å². The number of ketones is 1. The molecule has 3 N–H and O–H groups in total. The molecular formula is C41H64N6O10. The molecule has 0 unspecified atom stereocenters. The van der Waals surface area contributed by atoms with Gasteiger partial charge >= 0.3 is 12.1 Å². The van der Waals surface area contributed by atoms with Crippen molar-refractivity contribution in [3.63, 3.8) is 0 Å². The molecule has 1 amide bonds. The third-order valence-electron chi connectivity index (χ3n) is 12.2. The van der Waals surface area contributed by atoms with Crippen molar-refractivity contribution >= 4 is 17.8 Å². The molecule has 318 valence electrons. The summed E-state index contributed by atoms with van der Waals surface area (Å²) >= 11 is 0. The standard InChI is InChI=1S/C41H64N6O10/c1-11-31-41(7)35(47(39(52)57-41)18-13-12-17-46-21-29(43-23-46)28-15-14-16-42-20-28)27(5)44-24(2)19-40(6,53-10)36(25(3)33(49)26(4)37(51)55-31)56-38-34(50)32(45(8)9)30(48)22-54-38/h14-16,20-21,23-27,30-32,34-36,38,44,48,50H,11-13,17-19,22H2,1-10H3/t24-,25+,26-,27+,30-,31+,32+,34-,35-,36-,38+,40+,41-/m1/s1. The molecule has 2 aromatic heterocycles. The van der Waals surface area contributed by atoms with Gasteiger partial charge in [0.1, 0.15) is 18.1 Å². The summed E-state index contributed by atoms with van der Waals surface area (Å²) in [6, 6.07) is 1.98. The second-order valence-electron chi connectivity index (χ2n) is 16.7. The van der Waals surface area contributed by atoms with Crippen LogP contribution in [0.4, 0.5) is 4.79 Å². The van der Waals surface area contributed by atoms with Crippen molar-refractivity contribution < 1.29 is 48.3 Å². The number of carbonyl (C=O) groups excluding carboxylic acids is 3. The first-order valence-electron chi connectivity index (χ1n) is 20.2. The quantitative estimate of drug-likeness (QED) is 0.171. The Balaban J connectivity index is 1.40. The van der Waals surface area contributed by atoms with Gasteiger partial charge in [-0.05, 0) is 86.5 Å². The Bertz CT molecular complexity index is 1660. The van der Waals surface area contributed by atoms with Crippen molar-refractivity contribution in [3.8, 4) is 11.3 Å². The third-order valence-corrected chi connectivity index (χ3v) is 12.2. The van der Waals surface area contributed by atoms with E-state index >= 15 is 0 Å². The van der Waals surface area contributed by atoms with Crippen molar-refractivity contribution in [1.82, 2.24) is 29.7 Å². The van der Waals surface area contributed by atoms with Crippen molar-refractivity contribution in [2.45, 2.75) is 147 Å². The number of aromatic nitrogens is 3. The van der Waals surface area contributed by atoms with Crippen molar-refractivity contribution in [2.75, 3.05) is 34.4 Å². The van der Waals surface area contributed by atoms with Crippen LogP contribution in [-0.2, 0) is 39.8 Å². The first kappa shape index (κ1) is 44.6. The van der Waals surface area contributed by atoms with E-state index in [1.54, 1.807) is 49.5 Å². The van der Waals surface area contributed by atoms with E-state index in [1.165, 1.54) is 14.0 Å². The average molecular weight is 801 g/mol. The van der Waals surface area contributed by atoms with Gasteiger partial charge in [-0.3, -0.25) is 19.5 Å². The zero-order valence-corrected chi connectivity index (χ0v) is 35.2. The molecule has 0 radical (unpaired) electrons. The Kier molecular flexibility index (Phi) is 14.6. The predicted molar refractivity (Wildman–Crippen MR) is 210 cm³/mol. The minimum Gasteiger partial charge on any atom is -0.458 e. The Morgan fingerprint density at radius 1 is 1.09 bits per heavy atom. The van der Waals surface area contributed by atoms with Gasteiger partial charge in [0.25, 0.3) is 0 Å². The smallest absolute Gasteiger partial charge is 0.410 e. The Morgan fingerprint density at radius 3 is 2.46 bits per heavy atom. The number of cyclic esters (lactones) is 1. The zero-order chi connectivity index (χ0) is 41.8. The number of fused-ring (bicyclic) bond motifs is 1. The van der Waals surface area contributed by atoms with Crippen LogP contribution in [0, 0.1) is 11.8 Å². The molecule has 13 atom stereocenters. The highest BCUT2D eigenvalue weighted by molar-refractivity contribution is 6.00. The number of ether oxygens (including phenoxy) is 5. The maximum Gasteiger partial charge on any atom is 0.410 e. The van der Waals surface area contributed by atoms with Crippen LogP contribution in [0.25, 0.3) is 11.3 Å². The van der Waals surface area contributed by atoms with Crippen molar-refractivity contribution in [1.29, 1.82) is 0 Å². The second-order valence-corrected chi connectivity index (χ2v) is 16.7. The maximum atomic E-state index is 14.2. The molecule has 0 spiro atoms. The molecule has 2 aromatic rings. The number of unbranched alkanes of at least 4 members (excludes halogenated alkanes) is 1. The molecule has 0 saturated carbocycles. The van der Waals surface area contributed by atoms with Gasteiger partial charge in [0, 0.05) is 62.4 Å². The molecular weight excluding hydrogens is 736 g/mol. The fourth-order valence-electron chi connectivity index (χ4n) is 9.22. The van der Waals surface area contributed by atoms with Gasteiger partial charge in [-0.25, -0.2) is 9.78 Å². The van der Waals surface area contributed by atoms with Crippen molar-refractivity contribution in [3.05, 3.63) is 37.1 Å². The van der Waals surface area contributed by atoms with E-state index in [1.807, 2.05) is 57.5 Å². The van der Waals surface area contributed by atoms with Crippen molar-refractivity contribution in [2.24, 2.45) is 11.8 Å². The van der Waals surface area contributed by atoms with Crippen LogP contribution in [0.2, 0.25) is 0 Å². The summed E-state index contributed by atoms with van der Waals surface area (Å²) < 4.78 is 32.9. The van der Waals surface area contributed by atoms with Gasteiger partial charge in [0.15, 0.2) is 17.7 Å². The zero-order valence-electron chi connectivity index (χ0n) is 35.2. The van der Waals surface area contributed by atoms with Gasteiger partial charge in [0.05, 0.1) is 48.5 Å². The van der Waals surface area contributed by atoms with Gasteiger partial charge in [0.2, 0.25) is 0 Å². The fourth-order valence-corrected chi connectivity index (χ4v) is 9.22. The summed E-state index contributed by atoms with van der Waals surface area (Å²) in [5.74, 6) is -3.31. The Morgan fingerprint density at radius 2 is 1.81 bits per heavy atom. The number of likely N-dealkylation sites (N-methyl/N-ethyl adjacent to an activating group) is 1. The number of carbonyl (C=O) groups is 3. The van der Waals surface area contributed by atoms with Gasteiger partial charge in [-0.15, -0.1) is 0 Å². The number of rotatable bonds is 11. The Labute approximate surface area is 336 Å². The van der Waals surface area contributed by atoms with Gasteiger partial charge in [-0.1, -0.05) is 13.8 Å². The first-order valence-corrected chi connectivity index (χ1v) is 20.2. The number of nitrogens with zero attached hydrogens (tertiary/aromatic N) is 5. The number of Topliss-reactive ketones (excluding diaryl/α,β-unsaturated/α-hetero) is 1. The van der Waals surface area contributed by atoms with Gasteiger partial charge in [-0.2, -0.15) is 0 Å². The second kappa shape index (κ2) is 18.6. The lowest BCUT2D eigenvalue weighted by atomic mass is 9.78. The number of hydrogen-bond donors (Lipinski definition) is 3. The van der Waals surface area contributed by atoms with E-state index in [0.717, 1.165) is 17.7 Å². The van der Waals surface area contributed by atoms with Crippen LogP contribution in [0.15, 0.2) is 37.1 Å². The number of amides is 1. The lowest BCUT2D eigenvalue weighted by molar-refractivity contribution is -0.295. The number of pyridine rings is 1. The normalized spacial score (nSPS) is 37.1. The number of aliphatic hydroxyl groups is 2. The number of nitrogens with one attached hydrogen (secondary N) is 1. The molecule has 3 saturated heterocycles. The number of esters is 1. The van der Waals surface area contributed by atoms with Crippen LogP contribution < -0.4 is 5.32 Å². The number of imidazole rings is 1. The lowest BCUT2D eigenvalue weighted by Gasteiger charge is -2.47. The third kappa shape index (κ3) is 9.53. The van der Waals surface area contributed by atoms with Crippen LogP contribution in [0.3, 0.4) is 0 Å². The van der Waals surface area contributed by atoms with Crippen LogP contribution >= 0.6 is 0 Å². The molecule has 57 heavy (non-hydrogen) atoms. The largest absolute Gasteiger partial charge is 0.458 e. The number of hydrogen-bond acceptors (Lipinski definition) is 14. The molecule has 0 aliphatic carbocycles. The molecule has 0 aromatic carbocycles. The van der Waals surface area contributed by atoms with Crippen LogP contribution in [-0.4, -0.2) is 153 Å². The highest BCUT2D eigenvalue weighted by atomic mass is 16.7. The summed E-state index contributed by atoms with van der Waals surface area (Å²) in [6.45, 7) is 13.7. The topological polar surface area (TPSA) is 187 Å². The van der Waals surface area contributed by atoms with E-state index in [4.69, 9.17) is 23.7 Å². The summed E-state index contributed by atoms with van der Waals surface area (Å²) in [5, 5.41) is 25.6. The first-order chi connectivity index (χ1) is 26.9. The van der Waals surface area contributed by atoms with Gasteiger partial charge < -0.3 is 48.7 Å². The van der Waals surface area contributed by atoms with E-state index in [-0.39, 0.29) is 18.7 Å². The van der Waals surface area contributed by atoms with E-state index in [0.29, 0.717) is 32.4 Å². The molecule has 5 rings (SSSR count). The van der Waals surface area contributed by atoms with E-state index in [2.05, 4.69) is 15.3 Å². The predicted octanol–water partition coefficient (Wildman–Crippen LogP) is 3.04. The number of aliphatic hydroxyl groups excluding tert-OH is 2. The monoisotopic (exact) mass is 800 g/mol. The minimum atomic E-state index is -1.25. The lowest BCUT2D eigenvalue weighted by Crippen LogP contribution is -2.64. The highest BCUT2D eigenvalue weighted by Gasteiger charge is 2.59. The van der Waals surface area contributed by atoms with E-state index < -0.39 is 83.7 Å². The average Bonchev–Trinajstić information content (AvgIpc) is 3.75. The molecule has 3 aliphatic heterocycles. The molecule has 3 aliphatic rings. The summed E-state index contributed by atoms with van der Waals surface area (Å²) in [6.07, 6.45) is 3.61. The minimum absolute atomic E-state index is 0.0892. The van der Waals surface area contributed by atoms with Crippen LogP contribution in [0.1, 0.15) is 74.1 Å². The SMILES string of the molecule is CC[C@@H]1OC(=O)[C@H](C)C(=O)[C@H](C)[C@@H](O[C@@H]2OC[C@@H](O)[C@H](N(C)C)[C@H]2O)[C@@](C)(OC)C[C@@H](C)N[C@@H](C)[C@H]2N(CCCCn3cnc(-c4cccnc4)c3)C(=O)O[C@]12C. The highest BCUT2D eigenvalue weighted by Crippen LogP contribution is 2.40. The maximum absolute atomic E-state index is 14.2. The summed E-state index contributed by atoms with van der Waals surface area (Å²) in [4.78, 5) is 54.1. The molecule has 16 nitrogen and oxygen atoms in total. The summed E-state index contributed by atoms with van der Waals surface area (Å²) in [5.41, 5.74) is -0.624. The molecule has 5 heterocycles. The number of aryl methyl sites for hydroxylation is 1. The fraction of sp³-hybridized carbons (Fsp3) is 0.732. The Hall–Kier alpha value is -3.51. The molecule has 16 heteroatoms. The molecule has 0 bridgehead atoms.